The van der Waals surface area contributed by atoms with Crippen LogP contribution in [0.4, 0.5) is 0 Å². The molecule has 1 fully saturated rings. The van der Waals surface area contributed by atoms with Crippen LogP contribution in [-0.2, 0) is 28.6 Å². The first-order chi connectivity index (χ1) is 16.5. The lowest BCUT2D eigenvalue weighted by molar-refractivity contribution is -0.131. The molecule has 0 bridgehead atoms. The highest BCUT2D eigenvalue weighted by Crippen LogP contribution is 2.29. The minimum Gasteiger partial charge on any atom is -0.388 e. The van der Waals surface area contributed by atoms with Crippen LogP contribution in [-0.4, -0.2) is 87.4 Å². The van der Waals surface area contributed by atoms with Crippen molar-refractivity contribution in [3.8, 4) is 0 Å². The smallest absolute Gasteiger partial charge is 0.274 e. The normalized spacial score (nSPS) is 18.1. The van der Waals surface area contributed by atoms with Crippen LogP contribution in [0.15, 0.2) is 10.6 Å². The molecule has 1 aromatic rings. The van der Waals surface area contributed by atoms with Crippen molar-refractivity contribution in [2.45, 2.75) is 58.2 Å². The molecule has 3 N–H and O–H groups in total. The van der Waals surface area contributed by atoms with Crippen molar-refractivity contribution >= 4 is 23.5 Å². The quantitative estimate of drug-likeness (QED) is 0.327. The van der Waals surface area contributed by atoms with Gasteiger partial charge in [0.15, 0.2) is 11.5 Å². The SMILES string of the molecule is COC.COCC[C@H](NC(=O)c1cc(C)on1)C(=O)NCC(=O)N[C@@H](CC(C)C)C(=O)[C@@]1(C)CO1. The number of ketones is 1. The molecular formula is C23H38N4O8. The minimum atomic E-state index is -0.945. The van der Waals surface area contributed by atoms with Crippen LogP contribution >= 0.6 is 0 Å². The number of methoxy groups -OCH3 is 2. The number of rotatable bonds is 13. The van der Waals surface area contributed by atoms with Gasteiger partial charge in [0, 0.05) is 34.0 Å². The van der Waals surface area contributed by atoms with Crippen LogP contribution < -0.4 is 16.0 Å². The molecule has 2 heterocycles. The van der Waals surface area contributed by atoms with Crippen molar-refractivity contribution in [1.29, 1.82) is 0 Å². The number of carbonyl (C=O) groups is 4. The van der Waals surface area contributed by atoms with E-state index in [4.69, 9.17) is 14.0 Å². The molecule has 12 heteroatoms. The van der Waals surface area contributed by atoms with Crippen LogP contribution in [0.3, 0.4) is 0 Å². The molecule has 0 spiro atoms. The average Bonchev–Trinajstić information content (AvgIpc) is 3.39. The van der Waals surface area contributed by atoms with E-state index in [-0.39, 0.29) is 37.0 Å². The number of aryl methyl sites for hydroxylation is 1. The van der Waals surface area contributed by atoms with Gasteiger partial charge in [-0.1, -0.05) is 19.0 Å². The van der Waals surface area contributed by atoms with Gasteiger partial charge in [-0.2, -0.15) is 0 Å². The van der Waals surface area contributed by atoms with E-state index >= 15 is 0 Å². The van der Waals surface area contributed by atoms with Crippen LogP contribution in [0.25, 0.3) is 0 Å². The summed E-state index contributed by atoms with van der Waals surface area (Å²) in [4.78, 5) is 50.0. The first kappa shape index (κ1) is 30.2. The summed E-state index contributed by atoms with van der Waals surface area (Å²) < 4.78 is 19.3. The van der Waals surface area contributed by atoms with Crippen molar-refractivity contribution in [3.05, 3.63) is 17.5 Å². The van der Waals surface area contributed by atoms with Crippen molar-refractivity contribution in [1.82, 2.24) is 21.1 Å². The summed E-state index contributed by atoms with van der Waals surface area (Å²) >= 11 is 0. The standard InChI is InChI=1S/C21H32N4O7.C2H6O/c1-12(2)8-15(18(27)21(4)11-31-21)23-17(26)10-22-19(28)14(6-7-30-5)24-20(29)16-9-13(3)32-25-16;1-3-2/h9,12,14-15H,6-8,10-11H2,1-5H3,(H,22,28)(H,23,26)(H,24,29);1-2H3/t14-,15-,21+;/m0./s1. The van der Waals surface area contributed by atoms with Gasteiger partial charge < -0.3 is 34.7 Å². The lowest BCUT2D eigenvalue weighted by Crippen LogP contribution is -2.52. The molecular weight excluding hydrogens is 460 g/mol. The van der Waals surface area contributed by atoms with E-state index in [0.717, 1.165) is 0 Å². The Hall–Kier alpha value is -2.83. The number of aromatic nitrogens is 1. The Labute approximate surface area is 205 Å². The maximum atomic E-state index is 12.6. The van der Waals surface area contributed by atoms with Crippen molar-refractivity contribution in [2.24, 2.45) is 5.92 Å². The highest BCUT2D eigenvalue weighted by Gasteiger charge is 2.50. The molecule has 0 saturated carbocycles. The zero-order valence-corrected chi connectivity index (χ0v) is 21.6. The molecule has 2 rings (SSSR count). The molecule has 0 unspecified atom stereocenters. The van der Waals surface area contributed by atoms with E-state index in [1.54, 1.807) is 28.1 Å². The first-order valence-electron chi connectivity index (χ1n) is 11.4. The molecule has 198 valence electrons. The number of nitrogens with one attached hydrogen (secondary N) is 3. The topological polar surface area (TPSA) is 161 Å². The number of carbonyl (C=O) groups excluding carboxylic acids is 4. The van der Waals surface area contributed by atoms with Gasteiger partial charge in [0.05, 0.1) is 19.2 Å². The predicted octanol–water partition coefficient (Wildman–Crippen LogP) is 0.386. The van der Waals surface area contributed by atoms with Gasteiger partial charge in [-0.3, -0.25) is 19.2 Å². The second-order valence-corrected chi connectivity index (χ2v) is 8.89. The van der Waals surface area contributed by atoms with Gasteiger partial charge in [-0.05, 0) is 32.6 Å². The fourth-order valence-electron chi connectivity index (χ4n) is 3.07. The van der Waals surface area contributed by atoms with E-state index in [1.807, 2.05) is 13.8 Å². The number of Topliss-reactive ketones (excluding diaryl/α,β-unsaturated/α-hetero) is 1. The van der Waals surface area contributed by atoms with E-state index in [0.29, 0.717) is 18.8 Å². The van der Waals surface area contributed by atoms with Gasteiger partial charge in [0.2, 0.25) is 11.8 Å². The molecule has 1 aliphatic rings. The third-order valence-corrected chi connectivity index (χ3v) is 4.97. The average molecular weight is 499 g/mol. The van der Waals surface area contributed by atoms with Crippen LogP contribution in [0.5, 0.6) is 0 Å². The van der Waals surface area contributed by atoms with Crippen molar-refractivity contribution in [2.75, 3.05) is 41.1 Å². The molecule has 0 aliphatic carbocycles. The summed E-state index contributed by atoms with van der Waals surface area (Å²) in [6, 6.07) is -0.199. The Morgan fingerprint density at radius 3 is 2.26 bits per heavy atom. The Bertz CT molecular complexity index is 850. The van der Waals surface area contributed by atoms with Crippen molar-refractivity contribution < 1.29 is 37.9 Å². The Balaban J connectivity index is 0.00000194. The number of hydrogen-bond donors (Lipinski definition) is 3. The molecule has 1 aliphatic heterocycles. The highest BCUT2D eigenvalue weighted by atomic mass is 16.6. The molecule has 0 aromatic carbocycles. The summed E-state index contributed by atoms with van der Waals surface area (Å²) in [6.45, 7) is 7.43. The molecule has 3 atom stereocenters. The Morgan fingerprint density at radius 2 is 1.77 bits per heavy atom. The second-order valence-electron chi connectivity index (χ2n) is 8.89. The highest BCUT2D eigenvalue weighted by molar-refractivity contribution is 5.98. The van der Waals surface area contributed by atoms with Crippen LogP contribution in [0.2, 0.25) is 0 Å². The number of epoxide rings is 1. The van der Waals surface area contributed by atoms with Gasteiger partial charge >= 0.3 is 0 Å². The maximum absolute atomic E-state index is 12.6. The number of nitrogens with zero attached hydrogens (tertiary/aromatic N) is 1. The van der Waals surface area contributed by atoms with E-state index in [9.17, 15) is 19.2 Å². The van der Waals surface area contributed by atoms with Crippen molar-refractivity contribution in [3.63, 3.8) is 0 Å². The number of ether oxygens (including phenoxy) is 3. The second kappa shape index (κ2) is 14.5. The fourth-order valence-corrected chi connectivity index (χ4v) is 3.07. The molecule has 12 nitrogen and oxygen atoms in total. The third kappa shape index (κ3) is 10.5. The predicted molar refractivity (Wildman–Crippen MR) is 126 cm³/mol. The van der Waals surface area contributed by atoms with Crippen LogP contribution in [0.1, 0.15) is 49.9 Å². The summed E-state index contributed by atoms with van der Waals surface area (Å²) in [5.74, 6) is -1.20. The molecule has 35 heavy (non-hydrogen) atoms. The summed E-state index contributed by atoms with van der Waals surface area (Å²) in [7, 11) is 4.72. The zero-order chi connectivity index (χ0) is 26.6. The molecule has 1 aromatic heterocycles. The summed E-state index contributed by atoms with van der Waals surface area (Å²) in [5, 5.41) is 11.4. The molecule has 3 amide bonds. The Kier molecular flexibility index (Phi) is 12.5. The van der Waals surface area contributed by atoms with Gasteiger partial charge in [0.1, 0.15) is 17.4 Å². The molecule has 0 radical (unpaired) electrons. The zero-order valence-electron chi connectivity index (χ0n) is 21.6. The maximum Gasteiger partial charge on any atom is 0.274 e. The monoisotopic (exact) mass is 498 g/mol. The third-order valence-electron chi connectivity index (χ3n) is 4.97. The van der Waals surface area contributed by atoms with E-state index < -0.39 is 35.4 Å². The van der Waals surface area contributed by atoms with E-state index in [2.05, 4.69) is 25.8 Å². The lowest BCUT2D eigenvalue weighted by atomic mass is 9.93. The summed E-state index contributed by atoms with van der Waals surface area (Å²) in [5.41, 5.74) is -0.813. The van der Waals surface area contributed by atoms with Gasteiger partial charge in [-0.15, -0.1) is 0 Å². The molecule has 1 saturated heterocycles. The van der Waals surface area contributed by atoms with Gasteiger partial charge in [0.25, 0.3) is 5.91 Å². The number of hydrogen-bond acceptors (Lipinski definition) is 9. The first-order valence-corrected chi connectivity index (χ1v) is 11.4. The van der Waals surface area contributed by atoms with Gasteiger partial charge in [-0.25, -0.2) is 0 Å². The van der Waals surface area contributed by atoms with Crippen LogP contribution in [0, 0.1) is 12.8 Å². The Morgan fingerprint density at radius 1 is 1.14 bits per heavy atom. The largest absolute Gasteiger partial charge is 0.388 e. The fraction of sp³-hybridized carbons (Fsp3) is 0.696. The number of amides is 3. The summed E-state index contributed by atoms with van der Waals surface area (Å²) in [6.07, 6.45) is 0.651. The minimum absolute atomic E-state index is 0.0429. The van der Waals surface area contributed by atoms with E-state index in [1.165, 1.54) is 13.2 Å². The lowest BCUT2D eigenvalue weighted by Gasteiger charge is -2.22.